The van der Waals surface area contributed by atoms with Crippen LogP contribution < -0.4 is 0 Å². The van der Waals surface area contributed by atoms with Crippen LogP contribution in [0.3, 0.4) is 0 Å². The minimum atomic E-state index is 0.426. The van der Waals surface area contributed by atoms with Crippen LogP contribution in [0.4, 0.5) is 0 Å². The van der Waals surface area contributed by atoms with Crippen LogP contribution in [0.1, 0.15) is 31.1 Å². The lowest BCUT2D eigenvalue weighted by Gasteiger charge is -2.32. The molecule has 1 aliphatic rings. The standard InChI is InChI=1S/C16H25N5/c1-19(2)11-12-21-15-13(7-6-9-17-15)18-16(21)14-8-4-5-10-20(14)3/h6-7,9,14H,4-5,8,10-12H2,1-3H3. The molecule has 2 aromatic heterocycles. The molecule has 0 amide bonds. The van der Waals surface area contributed by atoms with Crippen molar-refractivity contribution in [1.82, 2.24) is 24.3 Å². The van der Waals surface area contributed by atoms with E-state index >= 15 is 0 Å². The summed E-state index contributed by atoms with van der Waals surface area (Å²) in [5, 5.41) is 0. The van der Waals surface area contributed by atoms with Gasteiger partial charge in [0, 0.05) is 19.3 Å². The zero-order valence-corrected chi connectivity index (χ0v) is 13.3. The molecule has 0 radical (unpaired) electrons. The molecule has 3 heterocycles. The summed E-state index contributed by atoms with van der Waals surface area (Å²) >= 11 is 0. The van der Waals surface area contributed by atoms with E-state index in [1.807, 2.05) is 12.3 Å². The summed E-state index contributed by atoms with van der Waals surface area (Å²) in [6.45, 7) is 3.11. The second-order valence-electron chi connectivity index (χ2n) is 6.26. The molecular weight excluding hydrogens is 262 g/mol. The molecule has 0 N–H and O–H groups in total. The predicted octanol–water partition coefficient (Wildman–Crippen LogP) is 2.15. The van der Waals surface area contributed by atoms with Crippen molar-refractivity contribution in [3.05, 3.63) is 24.2 Å². The number of rotatable bonds is 4. The van der Waals surface area contributed by atoms with E-state index in [0.717, 1.165) is 30.8 Å². The first-order valence-electron chi connectivity index (χ1n) is 7.83. The van der Waals surface area contributed by atoms with Crippen LogP contribution in [0, 0.1) is 0 Å². The zero-order chi connectivity index (χ0) is 14.8. The lowest BCUT2D eigenvalue weighted by Crippen LogP contribution is -2.32. The van der Waals surface area contributed by atoms with Gasteiger partial charge in [0.25, 0.3) is 0 Å². The molecule has 0 saturated carbocycles. The minimum absolute atomic E-state index is 0.426. The van der Waals surface area contributed by atoms with Crippen molar-refractivity contribution in [3.8, 4) is 0 Å². The normalized spacial score (nSPS) is 20.5. The summed E-state index contributed by atoms with van der Waals surface area (Å²) < 4.78 is 2.32. The van der Waals surface area contributed by atoms with Gasteiger partial charge in [0.15, 0.2) is 5.65 Å². The third-order valence-electron chi connectivity index (χ3n) is 4.37. The average Bonchev–Trinajstić information content (AvgIpc) is 2.84. The topological polar surface area (TPSA) is 37.2 Å². The number of aromatic nitrogens is 3. The molecule has 1 saturated heterocycles. The van der Waals surface area contributed by atoms with Gasteiger partial charge >= 0.3 is 0 Å². The van der Waals surface area contributed by atoms with Gasteiger partial charge in [-0.25, -0.2) is 9.97 Å². The second kappa shape index (κ2) is 6.12. The number of nitrogens with zero attached hydrogens (tertiary/aromatic N) is 5. The molecule has 0 spiro atoms. The molecular formula is C16H25N5. The third kappa shape index (κ3) is 2.94. The van der Waals surface area contributed by atoms with Gasteiger partial charge < -0.3 is 9.47 Å². The summed E-state index contributed by atoms with van der Waals surface area (Å²) in [4.78, 5) is 14.1. The Balaban J connectivity index is 2.01. The quantitative estimate of drug-likeness (QED) is 0.863. The largest absolute Gasteiger partial charge is 0.310 e. The Hall–Kier alpha value is -1.46. The molecule has 5 heteroatoms. The van der Waals surface area contributed by atoms with Crippen LogP contribution >= 0.6 is 0 Å². The van der Waals surface area contributed by atoms with Crippen LogP contribution in [0.5, 0.6) is 0 Å². The number of fused-ring (bicyclic) bond motifs is 1. The third-order valence-corrected chi connectivity index (χ3v) is 4.37. The Morgan fingerprint density at radius 3 is 2.95 bits per heavy atom. The first-order valence-corrected chi connectivity index (χ1v) is 7.83. The molecule has 1 fully saturated rings. The molecule has 2 aromatic rings. The molecule has 21 heavy (non-hydrogen) atoms. The smallest absolute Gasteiger partial charge is 0.160 e. The van der Waals surface area contributed by atoms with Gasteiger partial charge in [-0.2, -0.15) is 0 Å². The van der Waals surface area contributed by atoms with E-state index < -0.39 is 0 Å². The maximum absolute atomic E-state index is 4.90. The van der Waals surface area contributed by atoms with Crippen LogP contribution in [0.25, 0.3) is 11.2 Å². The first kappa shape index (κ1) is 14.5. The number of pyridine rings is 1. The summed E-state index contributed by atoms with van der Waals surface area (Å²) in [5.74, 6) is 1.19. The Morgan fingerprint density at radius 2 is 2.19 bits per heavy atom. The monoisotopic (exact) mass is 287 g/mol. The van der Waals surface area contributed by atoms with Gasteiger partial charge in [-0.1, -0.05) is 6.42 Å². The first-order chi connectivity index (χ1) is 10.2. The number of likely N-dealkylation sites (N-methyl/N-ethyl adjacent to an activating group) is 1. The van der Waals surface area contributed by atoms with Crippen molar-refractivity contribution in [3.63, 3.8) is 0 Å². The number of piperidine rings is 1. The molecule has 3 rings (SSSR count). The summed E-state index contributed by atoms with van der Waals surface area (Å²) in [5.41, 5.74) is 2.04. The van der Waals surface area contributed by atoms with Crippen LogP contribution in [-0.4, -0.2) is 58.6 Å². The van der Waals surface area contributed by atoms with Crippen molar-refractivity contribution >= 4 is 11.2 Å². The Labute approximate surface area is 126 Å². The highest BCUT2D eigenvalue weighted by atomic mass is 15.2. The van der Waals surface area contributed by atoms with Gasteiger partial charge in [-0.15, -0.1) is 0 Å². The highest BCUT2D eigenvalue weighted by molar-refractivity contribution is 5.71. The molecule has 1 atom stereocenters. The van der Waals surface area contributed by atoms with E-state index in [1.54, 1.807) is 0 Å². The van der Waals surface area contributed by atoms with E-state index in [2.05, 4.69) is 46.6 Å². The van der Waals surface area contributed by atoms with E-state index in [9.17, 15) is 0 Å². The molecule has 0 bridgehead atoms. The van der Waals surface area contributed by atoms with Crippen LogP contribution in [-0.2, 0) is 6.54 Å². The SMILES string of the molecule is CN(C)CCn1c(C2CCCCN2C)nc2cccnc21. The Bertz CT molecular complexity index is 604. The minimum Gasteiger partial charge on any atom is -0.310 e. The summed E-state index contributed by atoms with van der Waals surface area (Å²) in [6.07, 6.45) is 5.65. The lowest BCUT2D eigenvalue weighted by molar-refractivity contribution is 0.175. The fourth-order valence-electron chi connectivity index (χ4n) is 3.15. The van der Waals surface area contributed by atoms with Crippen LogP contribution in [0.2, 0.25) is 0 Å². The number of hydrogen-bond acceptors (Lipinski definition) is 4. The fraction of sp³-hybridized carbons (Fsp3) is 0.625. The highest BCUT2D eigenvalue weighted by Crippen LogP contribution is 2.30. The van der Waals surface area contributed by atoms with Crippen molar-refractivity contribution in [1.29, 1.82) is 0 Å². The summed E-state index contributed by atoms with van der Waals surface area (Å²) in [7, 11) is 6.44. The molecule has 114 valence electrons. The Morgan fingerprint density at radius 1 is 1.33 bits per heavy atom. The van der Waals surface area contributed by atoms with Gasteiger partial charge in [0.2, 0.25) is 0 Å². The molecule has 1 aliphatic heterocycles. The predicted molar refractivity (Wildman–Crippen MR) is 85.3 cm³/mol. The van der Waals surface area contributed by atoms with Crippen molar-refractivity contribution < 1.29 is 0 Å². The lowest BCUT2D eigenvalue weighted by atomic mass is 10.0. The Kier molecular flexibility index (Phi) is 4.22. The zero-order valence-electron chi connectivity index (χ0n) is 13.3. The maximum atomic E-state index is 4.90. The number of imidazole rings is 1. The molecule has 0 aromatic carbocycles. The van der Waals surface area contributed by atoms with Gasteiger partial charge in [-0.05, 0) is 52.7 Å². The number of hydrogen-bond donors (Lipinski definition) is 0. The van der Waals surface area contributed by atoms with E-state index in [4.69, 9.17) is 4.98 Å². The fourth-order valence-corrected chi connectivity index (χ4v) is 3.15. The highest BCUT2D eigenvalue weighted by Gasteiger charge is 2.26. The maximum Gasteiger partial charge on any atom is 0.160 e. The van der Waals surface area contributed by atoms with Crippen molar-refractivity contribution in [2.24, 2.45) is 0 Å². The van der Waals surface area contributed by atoms with E-state index in [-0.39, 0.29) is 0 Å². The summed E-state index contributed by atoms with van der Waals surface area (Å²) in [6, 6.07) is 4.47. The second-order valence-corrected chi connectivity index (χ2v) is 6.26. The van der Waals surface area contributed by atoms with Gasteiger partial charge in [0.1, 0.15) is 11.3 Å². The van der Waals surface area contributed by atoms with Gasteiger partial charge in [0.05, 0.1) is 6.04 Å². The number of likely N-dealkylation sites (tertiary alicyclic amines) is 1. The van der Waals surface area contributed by atoms with Crippen molar-refractivity contribution in [2.45, 2.75) is 31.8 Å². The molecule has 1 unspecified atom stereocenters. The van der Waals surface area contributed by atoms with E-state index in [0.29, 0.717) is 6.04 Å². The van der Waals surface area contributed by atoms with E-state index in [1.165, 1.54) is 25.1 Å². The van der Waals surface area contributed by atoms with Crippen molar-refractivity contribution in [2.75, 3.05) is 34.2 Å². The molecule has 5 nitrogen and oxygen atoms in total. The molecule has 0 aliphatic carbocycles. The van der Waals surface area contributed by atoms with Crippen LogP contribution in [0.15, 0.2) is 18.3 Å². The average molecular weight is 287 g/mol. The van der Waals surface area contributed by atoms with Gasteiger partial charge in [-0.3, -0.25) is 4.90 Å².